The number of fused-ring (bicyclic) bond motifs is 2. The number of sulfone groups is 2. The van der Waals surface area contributed by atoms with Gasteiger partial charge in [0, 0.05) is 11.4 Å². The maximum atomic E-state index is 13.6. The first-order valence-corrected chi connectivity index (χ1v) is 45.2. The molecule has 0 saturated heterocycles. The lowest BCUT2D eigenvalue weighted by Crippen LogP contribution is -2.12. The molecule has 0 aliphatic heterocycles. The Labute approximate surface area is 714 Å². The van der Waals surface area contributed by atoms with Gasteiger partial charge in [0.15, 0.2) is 67.3 Å². The number of hydrogen-bond donors (Lipinski definition) is 14. The Morgan fingerprint density at radius 2 is 0.645 bits per heavy atom. The second-order valence-corrected chi connectivity index (χ2v) is 36.9. The van der Waals surface area contributed by atoms with E-state index in [1.54, 1.807) is 0 Å². The van der Waals surface area contributed by atoms with Gasteiger partial charge in [-0.1, -0.05) is 20.2 Å². The second-order valence-electron chi connectivity index (χ2n) is 24.0. The lowest BCUT2D eigenvalue weighted by Gasteiger charge is -2.14. The minimum atomic E-state index is -5.23. The number of anilines is 4. The summed E-state index contributed by atoms with van der Waals surface area (Å²) in [5.41, 5.74) is 9.38. The molecule has 0 heterocycles. The van der Waals surface area contributed by atoms with Crippen LogP contribution in [-0.4, -0.2) is 126 Å². The van der Waals surface area contributed by atoms with E-state index in [0.29, 0.717) is 24.1 Å². The minimum absolute atomic E-state index is 0.0144. The molecule has 0 atom stereocenters. The summed E-state index contributed by atoms with van der Waals surface area (Å²) in [6.45, 7) is -0.723. The molecule has 16 N–H and O–H groups in total. The Hall–Kier alpha value is -11.6. The van der Waals surface area contributed by atoms with E-state index >= 15 is 0 Å². The van der Waals surface area contributed by atoms with E-state index in [1.165, 1.54) is 103 Å². The van der Waals surface area contributed by atoms with Crippen LogP contribution in [-0.2, 0) is 106 Å². The van der Waals surface area contributed by atoms with Crippen molar-refractivity contribution in [1.82, 2.24) is 0 Å². The highest BCUT2D eigenvalue weighted by Crippen LogP contribution is 2.53. The number of aromatic hydroxyl groups is 4. The molecule has 124 heavy (non-hydrogen) atoms. The van der Waals surface area contributed by atoms with E-state index in [4.69, 9.17) is 40.9 Å². The molecule has 0 amide bonds. The maximum absolute atomic E-state index is 13.6. The lowest BCUT2D eigenvalue weighted by atomic mass is 10.1. The molecule has 650 valence electrons. The van der Waals surface area contributed by atoms with Gasteiger partial charge in [0.2, 0.25) is 0 Å². The predicted octanol–water partition coefficient (Wildman–Crippen LogP) is 17.0. The molecule has 11 aromatic carbocycles. The molecular weight excluding hydrogens is 1850 g/mol. The quantitative estimate of drug-likeness (QED) is 0.00323. The van der Waals surface area contributed by atoms with Crippen LogP contribution in [0.5, 0.6) is 23.0 Å². The Bertz CT molecular complexity index is 6750. The minimum Gasteiger partial charge on any atom is -0.505 e. The van der Waals surface area contributed by atoms with E-state index < -0.39 is 133 Å². The highest BCUT2D eigenvalue weighted by atomic mass is 32.2. The summed E-state index contributed by atoms with van der Waals surface area (Å²) in [5.74, 6) is -4.17. The third-order valence-electron chi connectivity index (χ3n) is 16.2. The fourth-order valence-electron chi connectivity index (χ4n) is 10.5. The maximum Gasteiger partial charge on any atom is 0.296 e. The normalized spacial score (nSPS) is 12.8. The number of benzene rings is 11. The van der Waals surface area contributed by atoms with Crippen molar-refractivity contribution >= 4 is 221 Å². The molecule has 48 nitrogen and oxygen atoms in total. The Morgan fingerprint density at radius 1 is 0.339 bits per heavy atom. The van der Waals surface area contributed by atoms with Gasteiger partial charge >= 0.3 is 0 Å². The van der Waals surface area contributed by atoms with E-state index in [2.05, 4.69) is 108 Å². The zero-order valence-corrected chi connectivity index (χ0v) is 69.4. The third-order valence-corrected chi connectivity index (χ3v) is 26.1. The summed E-state index contributed by atoms with van der Waals surface area (Å²) in [6, 6.07) is 35.8. The van der Waals surface area contributed by atoms with Gasteiger partial charge in [0.25, 0.3) is 40.3 Å². The standard InChI is InChI=1S/C66H54N16O32S10/c67-57-55-35(31-51(115-111-107-87)60(57)77-71-39-9-17-45(18-10-39)119(91,92)29-27-105-117-113-109-89)33-53(123(99,100)101)62(65(55)85)79-73-41-13-21-47(22-14-41)121(95,96)81-43-5-1-37(2-6-43)69-75-49-25-26-50(83)59(64(49)84)76-70-38-3-7-44(8-4-38)82-122(97,98)48-23-15-42(16-24-48)74-80-63-54(124(102,103)104)34-36-32-52(116-112-108-88)61(58(68)56(36)66(63)86)78-72-40-11-19-46(20-12-40)120(93,94)30-28-106-118-114-110-90/h1-26,31-34,81-90H,27-30,67-68H2,(H,99,100,101)(H,102,103,104). The van der Waals surface area contributed by atoms with E-state index in [0.717, 1.165) is 78.9 Å². The van der Waals surface area contributed by atoms with Crippen molar-refractivity contribution in [3.63, 3.8) is 0 Å². The van der Waals surface area contributed by atoms with Crippen molar-refractivity contribution in [2.75, 3.05) is 45.6 Å². The van der Waals surface area contributed by atoms with Crippen LogP contribution in [0.25, 0.3) is 21.5 Å². The largest absolute Gasteiger partial charge is 0.505 e. The molecule has 0 spiro atoms. The van der Waals surface area contributed by atoms with Crippen molar-refractivity contribution in [2.24, 2.45) is 61.4 Å². The summed E-state index contributed by atoms with van der Waals surface area (Å²) in [7, 11) is -27.0. The first-order chi connectivity index (χ1) is 59.0. The zero-order valence-electron chi connectivity index (χ0n) is 61.2. The van der Waals surface area contributed by atoms with Crippen molar-refractivity contribution in [3.8, 4) is 23.0 Å². The van der Waals surface area contributed by atoms with Gasteiger partial charge in [0.05, 0.1) is 134 Å². The van der Waals surface area contributed by atoms with Crippen molar-refractivity contribution in [3.05, 3.63) is 182 Å². The average molecular weight is 1900 g/mol. The molecule has 58 heteroatoms. The molecular formula is C66H54N16O32S10. The molecule has 0 fully saturated rings. The van der Waals surface area contributed by atoms with E-state index in [-0.39, 0.29) is 151 Å². The number of nitrogens with one attached hydrogen (secondary N) is 2. The first kappa shape index (κ1) is 93.1. The molecule has 11 aromatic rings. The van der Waals surface area contributed by atoms with Crippen molar-refractivity contribution in [1.29, 1.82) is 0 Å². The van der Waals surface area contributed by atoms with Crippen LogP contribution >= 0.6 is 48.7 Å². The van der Waals surface area contributed by atoms with Gasteiger partial charge in [0.1, 0.15) is 44.0 Å². The average Bonchev–Trinajstić information content (AvgIpc) is 0.749. The Morgan fingerprint density at radius 3 is 0.976 bits per heavy atom. The first-order valence-electron chi connectivity index (χ1n) is 33.2. The molecule has 0 aromatic heterocycles. The van der Waals surface area contributed by atoms with Crippen LogP contribution in [0, 0.1) is 0 Å². The molecule has 11 rings (SSSR count). The van der Waals surface area contributed by atoms with Gasteiger partial charge < -0.3 is 31.9 Å². The number of rotatable bonds is 40. The van der Waals surface area contributed by atoms with Crippen LogP contribution in [0.1, 0.15) is 0 Å². The van der Waals surface area contributed by atoms with Crippen LogP contribution < -0.4 is 20.9 Å². The summed E-state index contributed by atoms with van der Waals surface area (Å²) in [4.78, 5) is -3.14. The van der Waals surface area contributed by atoms with Crippen LogP contribution in [0.2, 0.25) is 0 Å². The number of sulfonamides is 2. The van der Waals surface area contributed by atoms with Gasteiger partial charge in [-0.2, -0.15) is 47.5 Å². The molecule has 0 aliphatic rings. The van der Waals surface area contributed by atoms with E-state index in [1.807, 2.05) is 0 Å². The van der Waals surface area contributed by atoms with E-state index in [9.17, 15) is 80.0 Å². The highest BCUT2D eigenvalue weighted by molar-refractivity contribution is 7.95. The van der Waals surface area contributed by atoms with Crippen molar-refractivity contribution in [2.45, 2.75) is 39.2 Å². The Kier molecular flexibility index (Phi) is 30.6. The SMILES string of the molecule is Nc1c(N=Nc2ccc(S(=O)(=O)CCOSOOO)cc2)c(SOOO)cc2cc(S(=O)(=O)O)c(N=Nc3ccc(S(=O)(=O)Nc4ccc(N=Nc5ccc(O)c(N=Nc6ccc(NS(=O)(=O)c7ccc(N=Nc8c(S(=O)(=O)O)cc9cc(SOOO)c(N=Nc%10ccc(S(=O)(=O)CCOSOOO)cc%10)c(N)c9c8O)cc7)cc6)c5O)cc4)cc3)c(O)c12. The predicted molar refractivity (Wildman–Crippen MR) is 437 cm³/mol. The van der Waals surface area contributed by atoms with Crippen LogP contribution in [0.4, 0.5) is 91.0 Å². The summed E-state index contributed by atoms with van der Waals surface area (Å²) >= 11 is 0.967. The summed E-state index contributed by atoms with van der Waals surface area (Å²) < 4.78 is 209. The molecule has 0 saturated carbocycles. The molecule has 0 bridgehead atoms. The number of hydrogen-bond acceptors (Lipinski definition) is 48. The van der Waals surface area contributed by atoms with Crippen LogP contribution in [0.15, 0.2) is 283 Å². The van der Waals surface area contributed by atoms with Crippen LogP contribution in [0.3, 0.4) is 0 Å². The molecule has 0 aliphatic carbocycles. The monoisotopic (exact) mass is 1900 g/mol. The fraction of sp³-hybridized carbons (Fsp3) is 0.0606. The number of phenolic OH excluding ortho intramolecular Hbond substituents is 4. The van der Waals surface area contributed by atoms with Gasteiger partial charge in [-0.05, 0) is 193 Å². The zero-order chi connectivity index (χ0) is 89.3. The van der Waals surface area contributed by atoms with Gasteiger partial charge in [-0.15, -0.1) is 48.0 Å². The lowest BCUT2D eigenvalue weighted by molar-refractivity contribution is -0.434. The van der Waals surface area contributed by atoms with Crippen molar-refractivity contribution < 1.29 is 147 Å². The van der Waals surface area contributed by atoms with Gasteiger partial charge in [-0.25, -0.2) is 54.7 Å². The summed E-state index contributed by atoms with van der Waals surface area (Å²) in [5, 5.41) is 140. The molecule has 0 unspecified atom stereocenters. The fourth-order valence-corrected chi connectivity index (χ4v) is 17.8. The third kappa shape index (κ3) is 23.4. The summed E-state index contributed by atoms with van der Waals surface area (Å²) in [6.07, 6.45) is 0. The molecule has 0 radical (unpaired) electrons. The second kappa shape index (κ2) is 40.8. The number of azo groups is 6. The van der Waals surface area contributed by atoms with Gasteiger partial charge in [-0.3, -0.25) is 26.9 Å². The highest BCUT2D eigenvalue weighted by Gasteiger charge is 2.30. The number of nitrogen functional groups attached to an aromatic ring is 2. The number of phenols is 4. The number of nitrogens with two attached hydrogens (primary N) is 2. The topological polar surface area (TPSA) is 724 Å². The smallest absolute Gasteiger partial charge is 0.296 e. The number of nitrogens with zero attached hydrogens (tertiary/aromatic N) is 12. The Balaban J connectivity index is 0.714.